The number of H-pyrrole nitrogens is 2. The van der Waals surface area contributed by atoms with E-state index >= 15 is 0 Å². The van der Waals surface area contributed by atoms with Crippen LogP contribution in [0.25, 0.3) is 11.6 Å². The Kier molecular flexibility index (Phi) is 2.09. The van der Waals surface area contributed by atoms with Gasteiger partial charge in [0.15, 0.2) is 5.82 Å². The molecule has 2 aliphatic rings. The van der Waals surface area contributed by atoms with E-state index in [0.29, 0.717) is 11.7 Å². The first-order valence-electron chi connectivity index (χ1n) is 6.34. The van der Waals surface area contributed by atoms with E-state index in [0.717, 1.165) is 35.2 Å². The van der Waals surface area contributed by atoms with Crippen molar-refractivity contribution in [3.05, 3.63) is 45.5 Å². The Morgan fingerprint density at radius 1 is 1.32 bits per heavy atom. The van der Waals surface area contributed by atoms with Gasteiger partial charge in [-0.2, -0.15) is 0 Å². The molecular weight excluding hydrogens is 240 g/mol. The molecule has 1 saturated carbocycles. The molecule has 19 heavy (non-hydrogen) atoms. The van der Waals surface area contributed by atoms with Crippen LogP contribution in [0, 0.1) is 0 Å². The van der Waals surface area contributed by atoms with Gasteiger partial charge in [-0.1, -0.05) is 0 Å². The summed E-state index contributed by atoms with van der Waals surface area (Å²) in [6, 6.07) is 3.85. The number of hydrogen-bond acceptors (Lipinski definition) is 3. The number of aromatic nitrogens is 3. The minimum absolute atomic E-state index is 0.0693. The summed E-state index contributed by atoms with van der Waals surface area (Å²) in [6.07, 6.45) is 7.69. The third-order valence-electron chi connectivity index (χ3n) is 3.55. The molecule has 1 aliphatic heterocycles. The summed E-state index contributed by atoms with van der Waals surface area (Å²) in [5.41, 5.74) is 3.59. The van der Waals surface area contributed by atoms with E-state index < -0.39 is 0 Å². The number of aliphatic imine (C=N–C) groups is 1. The maximum Gasteiger partial charge on any atom is 0.271 e. The van der Waals surface area contributed by atoms with Gasteiger partial charge in [0.05, 0.1) is 5.56 Å². The van der Waals surface area contributed by atoms with Crippen molar-refractivity contribution in [2.24, 2.45) is 4.99 Å². The topological polar surface area (TPSA) is 73.9 Å². The molecule has 0 amide bonds. The van der Waals surface area contributed by atoms with Gasteiger partial charge in [0.1, 0.15) is 0 Å². The number of aromatic amines is 2. The first-order chi connectivity index (χ1) is 9.33. The maximum absolute atomic E-state index is 11.9. The van der Waals surface area contributed by atoms with Crippen molar-refractivity contribution in [1.82, 2.24) is 15.2 Å². The summed E-state index contributed by atoms with van der Waals surface area (Å²) in [5.74, 6) is 1.21. The SMILES string of the molecule is O=c1[nH][nH]c(C2CC2)c1/C=C1\C=Nc2ncccc21. The van der Waals surface area contributed by atoms with Gasteiger partial charge in [-0.15, -0.1) is 0 Å². The van der Waals surface area contributed by atoms with Crippen molar-refractivity contribution in [3.63, 3.8) is 0 Å². The highest BCUT2D eigenvalue weighted by Crippen LogP contribution is 2.40. The van der Waals surface area contributed by atoms with Gasteiger partial charge in [-0.3, -0.25) is 9.89 Å². The first-order valence-corrected chi connectivity index (χ1v) is 6.34. The summed E-state index contributed by atoms with van der Waals surface area (Å²) in [4.78, 5) is 20.3. The molecule has 3 heterocycles. The molecule has 5 nitrogen and oxygen atoms in total. The summed E-state index contributed by atoms with van der Waals surface area (Å²) >= 11 is 0. The second-order valence-corrected chi connectivity index (χ2v) is 4.91. The molecule has 2 aromatic rings. The van der Waals surface area contributed by atoms with Gasteiger partial charge in [0.2, 0.25) is 0 Å². The first kappa shape index (κ1) is 10.5. The Morgan fingerprint density at radius 3 is 3.05 bits per heavy atom. The van der Waals surface area contributed by atoms with E-state index in [1.54, 1.807) is 12.4 Å². The average Bonchev–Trinajstić information content (AvgIpc) is 3.10. The van der Waals surface area contributed by atoms with Crippen molar-refractivity contribution in [2.75, 3.05) is 0 Å². The molecule has 2 N–H and O–H groups in total. The highest BCUT2D eigenvalue weighted by atomic mass is 16.1. The average molecular weight is 252 g/mol. The number of hydrogen-bond donors (Lipinski definition) is 2. The van der Waals surface area contributed by atoms with E-state index in [-0.39, 0.29) is 5.56 Å². The van der Waals surface area contributed by atoms with Crippen molar-refractivity contribution >= 4 is 23.7 Å². The lowest BCUT2D eigenvalue weighted by Gasteiger charge is -1.98. The van der Waals surface area contributed by atoms with E-state index in [2.05, 4.69) is 20.2 Å². The van der Waals surface area contributed by atoms with Crippen molar-refractivity contribution in [3.8, 4) is 0 Å². The standard InChI is InChI=1S/C14H12N4O/c19-14-11(12(17-18-14)8-3-4-8)6-9-7-16-13-10(9)2-1-5-15-13/h1-2,5-8H,3-4H2,(H2,17,18,19)/b9-6+. The van der Waals surface area contributed by atoms with Crippen LogP contribution in [-0.4, -0.2) is 21.4 Å². The second-order valence-electron chi connectivity index (χ2n) is 4.91. The van der Waals surface area contributed by atoms with E-state index in [1.807, 2.05) is 18.2 Å². The molecule has 0 spiro atoms. The van der Waals surface area contributed by atoms with Crippen LogP contribution in [-0.2, 0) is 0 Å². The smallest absolute Gasteiger partial charge is 0.271 e. The molecule has 4 rings (SSSR count). The molecule has 2 aromatic heterocycles. The molecule has 0 radical (unpaired) electrons. The van der Waals surface area contributed by atoms with Gasteiger partial charge in [-0.05, 0) is 31.1 Å². The lowest BCUT2D eigenvalue weighted by molar-refractivity contribution is 0.955. The van der Waals surface area contributed by atoms with Crippen molar-refractivity contribution in [2.45, 2.75) is 18.8 Å². The molecule has 0 aromatic carbocycles. The third-order valence-corrected chi connectivity index (χ3v) is 3.55. The Hall–Kier alpha value is -2.43. The minimum atomic E-state index is -0.0693. The minimum Gasteiger partial charge on any atom is -0.301 e. The highest BCUT2D eigenvalue weighted by Gasteiger charge is 2.28. The van der Waals surface area contributed by atoms with Crippen LogP contribution in [0.5, 0.6) is 0 Å². The summed E-state index contributed by atoms with van der Waals surface area (Å²) in [5, 5.41) is 5.66. The molecule has 0 unspecified atom stereocenters. The van der Waals surface area contributed by atoms with Crippen molar-refractivity contribution in [1.29, 1.82) is 0 Å². The van der Waals surface area contributed by atoms with Gasteiger partial charge in [0, 0.05) is 35.2 Å². The van der Waals surface area contributed by atoms with E-state index in [1.165, 1.54) is 0 Å². The molecule has 94 valence electrons. The quantitative estimate of drug-likeness (QED) is 0.860. The van der Waals surface area contributed by atoms with Crippen LogP contribution in [0.15, 0.2) is 28.1 Å². The number of nitrogens with one attached hydrogen (secondary N) is 2. The zero-order valence-electron chi connectivity index (χ0n) is 10.2. The third kappa shape index (κ3) is 1.66. The number of allylic oxidation sites excluding steroid dienone is 1. The Morgan fingerprint density at radius 2 is 2.21 bits per heavy atom. The fraction of sp³-hybridized carbons (Fsp3) is 0.214. The monoisotopic (exact) mass is 252 g/mol. The number of fused-ring (bicyclic) bond motifs is 1. The molecule has 1 aliphatic carbocycles. The maximum atomic E-state index is 11.9. The van der Waals surface area contributed by atoms with Crippen LogP contribution in [0.1, 0.15) is 35.6 Å². The van der Waals surface area contributed by atoms with E-state index in [9.17, 15) is 4.79 Å². The molecule has 0 atom stereocenters. The second kappa shape index (κ2) is 3.78. The Bertz CT molecular complexity index is 762. The predicted octanol–water partition coefficient (Wildman–Crippen LogP) is 2.23. The molecule has 5 heteroatoms. The largest absolute Gasteiger partial charge is 0.301 e. The van der Waals surface area contributed by atoms with Crippen LogP contribution < -0.4 is 5.56 Å². The zero-order chi connectivity index (χ0) is 12.8. The molecule has 0 bridgehead atoms. The lowest BCUT2D eigenvalue weighted by atomic mass is 10.1. The van der Waals surface area contributed by atoms with E-state index in [4.69, 9.17) is 0 Å². The van der Waals surface area contributed by atoms with Crippen molar-refractivity contribution < 1.29 is 0 Å². The van der Waals surface area contributed by atoms with Gasteiger partial charge in [0.25, 0.3) is 5.56 Å². The van der Waals surface area contributed by atoms with Gasteiger partial charge >= 0.3 is 0 Å². The van der Waals surface area contributed by atoms with Gasteiger partial charge < -0.3 is 5.10 Å². The van der Waals surface area contributed by atoms with Crippen LogP contribution in [0.3, 0.4) is 0 Å². The number of pyridine rings is 1. The normalized spacial score (nSPS) is 19.1. The Labute approximate surface area is 109 Å². The summed E-state index contributed by atoms with van der Waals surface area (Å²) in [7, 11) is 0. The zero-order valence-corrected chi connectivity index (χ0v) is 10.2. The van der Waals surface area contributed by atoms with Crippen LogP contribution in [0.2, 0.25) is 0 Å². The lowest BCUT2D eigenvalue weighted by Crippen LogP contribution is -2.02. The number of nitrogens with zero attached hydrogens (tertiary/aromatic N) is 2. The summed E-state index contributed by atoms with van der Waals surface area (Å²) in [6.45, 7) is 0. The highest BCUT2D eigenvalue weighted by molar-refractivity contribution is 6.20. The molecular formula is C14H12N4O. The number of rotatable bonds is 2. The molecule has 1 fully saturated rings. The Balaban J connectivity index is 1.84. The van der Waals surface area contributed by atoms with Crippen LogP contribution in [0.4, 0.5) is 5.82 Å². The summed E-state index contributed by atoms with van der Waals surface area (Å²) < 4.78 is 0. The van der Waals surface area contributed by atoms with Crippen LogP contribution >= 0.6 is 0 Å². The van der Waals surface area contributed by atoms with Gasteiger partial charge in [-0.25, -0.2) is 9.98 Å². The predicted molar refractivity (Wildman–Crippen MR) is 73.6 cm³/mol. The fourth-order valence-electron chi connectivity index (χ4n) is 2.41. The fourth-order valence-corrected chi connectivity index (χ4v) is 2.41. The molecule has 0 saturated heterocycles.